The Morgan fingerprint density at radius 2 is 2.47 bits per heavy atom. The summed E-state index contributed by atoms with van der Waals surface area (Å²) in [4.78, 5) is 4.28. The Kier molecular flexibility index (Phi) is 4.09. The van der Waals surface area contributed by atoms with Crippen LogP contribution in [0.2, 0.25) is 0 Å². The molecule has 0 spiro atoms. The van der Waals surface area contributed by atoms with Crippen molar-refractivity contribution in [3.63, 3.8) is 0 Å². The number of halogens is 2. The van der Waals surface area contributed by atoms with E-state index in [2.05, 4.69) is 10.3 Å². The number of rotatable bonds is 5. The minimum atomic E-state index is -2.44. The standard InChI is InChI=1S/C12H18F2N2S/c1-2-15-10(11-7-17-8-16-11)5-9-3-4-12(13,14)6-9/h7-10,15H,2-6H2,1H3. The van der Waals surface area contributed by atoms with Gasteiger partial charge >= 0.3 is 0 Å². The first-order chi connectivity index (χ1) is 8.11. The van der Waals surface area contributed by atoms with Crippen molar-refractivity contribution >= 4 is 11.3 Å². The third kappa shape index (κ3) is 3.45. The van der Waals surface area contributed by atoms with E-state index in [0.717, 1.165) is 18.7 Å². The molecule has 1 N–H and O–H groups in total. The third-order valence-electron chi connectivity index (χ3n) is 3.33. The first kappa shape index (κ1) is 12.9. The summed E-state index contributed by atoms with van der Waals surface area (Å²) >= 11 is 1.55. The van der Waals surface area contributed by atoms with Crippen LogP contribution in [0.4, 0.5) is 8.78 Å². The van der Waals surface area contributed by atoms with Gasteiger partial charge in [0.25, 0.3) is 0 Å². The highest BCUT2D eigenvalue weighted by molar-refractivity contribution is 7.07. The minimum Gasteiger partial charge on any atom is -0.309 e. The molecule has 2 atom stereocenters. The fraction of sp³-hybridized carbons (Fsp3) is 0.750. The molecule has 1 aliphatic rings. The number of aromatic nitrogens is 1. The molecule has 1 aromatic heterocycles. The van der Waals surface area contributed by atoms with Crippen molar-refractivity contribution in [3.8, 4) is 0 Å². The van der Waals surface area contributed by atoms with E-state index in [0.29, 0.717) is 6.42 Å². The van der Waals surface area contributed by atoms with Crippen LogP contribution in [0, 0.1) is 5.92 Å². The number of hydrogen-bond acceptors (Lipinski definition) is 3. The monoisotopic (exact) mass is 260 g/mol. The smallest absolute Gasteiger partial charge is 0.248 e. The fourth-order valence-corrected chi connectivity index (χ4v) is 3.13. The zero-order valence-electron chi connectivity index (χ0n) is 9.96. The molecule has 5 heteroatoms. The number of nitrogens with zero attached hydrogens (tertiary/aromatic N) is 1. The molecule has 17 heavy (non-hydrogen) atoms. The van der Waals surface area contributed by atoms with Crippen LogP contribution in [0.3, 0.4) is 0 Å². The molecule has 0 radical (unpaired) electrons. The lowest BCUT2D eigenvalue weighted by atomic mass is 9.96. The van der Waals surface area contributed by atoms with Crippen LogP contribution < -0.4 is 5.32 Å². The molecular weight excluding hydrogens is 242 g/mol. The van der Waals surface area contributed by atoms with Gasteiger partial charge in [0.1, 0.15) is 0 Å². The van der Waals surface area contributed by atoms with E-state index in [4.69, 9.17) is 0 Å². The van der Waals surface area contributed by atoms with Crippen LogP contribution in [0.5, 0.6) is 0 Å². The summed E-state index contributed by atoms with van der Waals surface area (Å²) in [5.41, 5.74) is 2.79. The first-order valence-electron chi connectivity index (χ1n) is 6.10. The van der Waals surface area contributed by atoms with E-state index in [9.17, 15) is 8.78 Å². The van der Waals surface area contributed by atoms with E-state index in [1.807, 2.05) is 12.3 Å². The van der Waals surface area contributed by atoms with Gasteiger partial charge in [-0.15, -0.1) is 11.3 Å². The molecule has 1 aliphatic carbocycles. The summed E-state index contributed by atoms with van der Waals surface area (Å²) in [6.07, 6.45) is 1.50. The maximum absolute atomic E-state index is 13.1. The zero-order chi connectivity index (χ0) is 12.3. The van der Waals surface area contributed by atoms with Crippen LogP contribution in [0.25, 0.3) is 0 Å². The summed E-state index contributed by atoms with van der Waals surface area (Å²) in [5, 5.41) is 5.34. The van der Waals surface area contributed by atoms with Crippen molar-refractivity contribution < 1.29 is 8.78 Å². The van der Waals surface area contributed by atoms with Gasteiger partial charge in [0, 0.05) is 18.2 Å². The highest BCUT2D eigenvalue weighted by Gasteiger charge is 2.40. The lowest BCUT2D eigenvalue weighted by Gasteiger charge is -2.19. The van der Waals surface area contributed by atoms with Gasteiger partial charge in [-0.1, -0.05) is 6.92 Å². The highest BCUT2D eigenvalue weighted by atomic mass is 32.1. The maximum Gasteiger partial charge on any atom is 0.248 e. The molecule has 96 valence electrons. The number of nitrogens with one attached hydrogen (secondary N) is 1. The Morgan fingerprint density at radius 3 is 3.00 bits per heavy atom. The quantitative estimate of drug-likeness (QED) is 0.874. The lowest BCUT2D eigenvalue weighted by Crippen LogP contribution is -2.23. The van der Waals surface area contributed by atoms with Gasteiger partial charge in [-0.3, -0.25) is 0 Å². The lowest BCUT2D eigenvalue weighted by molar-refractivity contribution is 0.00430. The summed E-state index contributed by atoms with van der Waals surface area (Å²) in [6, 6.07) is 0.130. The van der Waals surface area contributed by atoms with Gasteiger partial charge in [0.15, 0.2) is 0 Å². The second-order valence-electron chi connectivity index (χ2n) is 4.72. The van der Waals surface area contributed by atoms with Crippen molar-refractivity contribution in [3.05, 3.63) is 16.6 Å². The summed E-state index contributed by atoms with van der Waals surface area (Å²) in [7, 11) is 0. The Hall–Kier alpha value is -0.550. The van der Waals surface area contributed by atoms with Gasteiger partial charge in [0.2, 0.25) is 5.92 Å². The molecule has 1 aromatic rings. The van der Waals surface area contributed by atoms with Gasteiger partial charge in [-0.2, -0.15) is 0 Å². The Labute approximate surface area is 104 Å². The summed E-state index contributed by atoms with van der Waals surface area (Å²) in [6.45, 7) is 2.87. The topological polar surface area (TPSA) is 24.9 Å². The van der Waals surface area contributed by atoms with Crippen molar-refractivity contribution in [1.82, 2.24) is 10.3 Å². The van der Waals surface area contributed by atoms with Gasteiger partial charge in [-0.05, 0) is 25.3 Å². The van der Waals surface area contributed by atoms with E-state index < -0.39 is 5.92 Å². The molecule has 0 saturated heterocycles. The van der Waals surface area contributed by atoms with E-state index in [-0.39, 0.29) is 24.8 Å². The number of hydrogen-bond donors (Lipinski definition) is 1. The highest BCUT2D eigenvalue weighted by Crippen LogP contribution is 2.42. The van der Waals surface area contributed by atoms with Crippen molar-refractivity contribution in [2.45, 2.75) is 44.6 Å². The van der Waals surface area contributed by atoms with Crippen LogP contribution in [-0.2, 0) is 0 Å². The number of thiazole rings is 1. The summed E-state index contributed by atoms with van der Waals surface area (Å²) < 4.78 is 26.3. The Balaban J connectivity index is 1.95. The average molecular weight is 260 g/mol. The van der Waals surface area contributed by atoms with Crippen molar-refractivity contribution in [2.24, 2.45) is 5.92 Å². The molecule has 1 saturated carbocycles. The molecule has 0 aliphatic heterocycles. The minimum absolute atomic E-state index is 0.0407. The second kappa shape index (κ2) is 5.40. The van der Waals surface area contributed by atoms with Crippen LogP contribution in [-0.4, -0.2) is 17.5 Å². The van der Waals surface area contributed by atoms with E-state index in [1.54, 1.807) is 16.8 Å². The van der Waals surface area contributed by atoms with Gasteiger partial charge < -0.3 is 5.32 Å². The van der Waals surface area contributed by atoms with Gasteiger partial charge in [0.05, 0.1) is 17.2 Å². The SMILES string of the molecule is CCNC(CC1CCC(F)(F)C1)c1cscn1. The van der Waals surface area contributed by atoms with E-state index >= 15 is 0 Å². The molecule has 1 heterocycles. The zero-order valence-corrected chi connectivity index (χ0v) is 10.8. The summed E-state index contributed by atoms with van der Waals surface area (Å²) in [5.74, 6) is -2.32. The average Bonchev–Trinajstić information content (AvgIpc) is 2.87. The molecule has 1 fully saturated rings. The van der Waals surface area contributed by atoms with E-state index in [1.165, 1.54) is 0 Å². The van der Waals surface area contributed by atoms with Gasteiger partial charge in [-0.25, -0.2) is 13.8 Å². The van der Waals surface area contributed by atoms with Crippen LogP contribution in [0.15, 0.2) is 10.9 Å². The molecule has 2 rings (SSSR count). The molecule has 2 nitrogen and oxygen atoms in total. The number of alkyl halides is 2. The fourth-order valence-electron chi connectivity index (χ4n) is 2.53. The van der Waals surface area contributed by atoms with Crippen LogP contribution >= 0.6 is 11.3 Å². The molecular formula is C12H18F2N2S. The molecule has 0 amide bonds. The van der Waals surface area contributed by atoms with Crippen molar-refractivity contribution in [2.75, 3.05) is 6.54 Å². The second-order valence-corrected chi connectivity index (χ2v) is 5.44. The third-order valence-corrected chi connectivity index (χ3v) is 3.94. The predicted octanol–water partition coefficient (Wildman–Crippen LogP) is 3.62. The first-order valence-corrected chi connectivity index (χ1v) is 7.04. The molecule has 2 unspecified atom stereocenters. The Bertz CT molecular complexity index is 340. The normalized spacial score (nSPS) is 25.0. The molecule has 0 bridgehead atoms. The van der Waals surface area contributed by atoms with Crippen molar-refractivity contribution in [1.29, 1.82) is 0 Å². The predicted molar refractivity (Wildman–Crippen MR) is 65.4 cm³/mol. The largest absolute Gasteiger partial charge is 0.309 e. The maximum atomic E-state index is 13.1. The Morgan fingerprint density at radius 1 is 1.65 bits per heavy atom. The van der Waals surface area contributed by atoms with Crippen LogP contribution in [0.1, 0.15) is 44.3 Å². The molecule has 0 aromatic carbocycles.